The van der Waals surface area contributed by atoms with E-state index < -0.39 is 0 Å². The molecule has 0 radical (unpaired) electrons. The van der Waals surface area contributed by atoms with E-state index in [0.29, 0.717) is 11.8 Å². The van der Waals surface area contributed by atoms with Crippen molar-refractivity contribution in [1.82, 2.24) is 0 Å². The van der Waals surface area contributed by atoms with Crippen molar-refractivity contribution in [2.24, 2.45) is 5.92 Å². The lowest BCUT2D eigenvalue weighted by Gasteiger charge is -2.34. The molecule has 3 rings (SSSR count). The molecule has 1 spiro atoms. The van der Waals surface area contributed by atoms with Crippen molar-refractivity contribution in [3.8, 4) is 0 Å². The number of hydrogen-bond donors (Lipinski definition) is 0. The second kappa shape index (κ2) is 3.58. The molecule has 0 amide bonds. The predicted molar refractivity (Wildman–Crippen MR) is 68.6 cm³/mol. The molecule has 16 heavy (non-hydrogen) atoms. The molecule has 1 aliphatic carbocycles. The van der Waals surface area contributed by atoms with E-state index in [0.717, 1.165) is 6.61 Å². The maximum atomic E-state index is 6.11. The van der Waals surface area contributed by atoms with Crippen LogP contribution >= 0.6 is 15.9 Å². The Balaban J connectivity index is 2.10. The molecule has 0 bridgehead atoms. The van der Waals surface area contributed by atoms with E-state index in [1.807, 2.05) is 0 Å². The predicted octanol–water partition coefficient (Wildman–Crippen LogP) is 4.21. The molecule has 2 aliphatic rings. The summed E-state index contributed by atoms with van der Waals surface area (Å²) in [6.07, 6.45) is 2.39. The van der Waals surface area contributed by atoms with Gasteiger partial charge in [-0.15, -0.1) is 0 Å². The van der Waals surface area contributed by atoms with Crippen molar-refractivity contribution < 1.29 is 4.74 Å². The summed E-state index contributed by atoms with van der Waals surface area (Å²) in [6.45, 7) is 5.46. The van der Waals surface area contributed by atoms with Crippen LogP contribution in [-0.4, -0.2) is 6.61 Å². The maximum Gasteiger partial charge on any atom is 0.0937 e. The van der Waals surface area contributed by atoms with E-state index in [4.69, 9.17) is 4.74 Å². The van der Waals surface area contributed by atoms with Crippen molar-refractivity contribution in [2.45, 2.75) is 38.2 Å². The fourth-order valence-electron chi connectivity index (χ4n) is 2.74. The van der Waals surface area contributed by atoms with E-state index in [-0.39, 0.29) is 5.60 Å². The summed E-state index contributed by atoms with van der Waals surface area (Å²) in [5.74, 6) is 1.21. The van der Waals surface area contributed by atoms with Gasteiger partial charge in [0.25, 0.3) is 0 Å². The number of benzene rings is 1. The SMILES string of the molecule is CC(C)[C@@H]1COC2(CC2)c2cc(Br)ccc21. The zero-order valence-corrected chi connectivity index (χ0v) is 11.4. The zero-order chi connectivity index (χ0) is 11.3. The number of fused-ring (bicyclic) bond motifs is 2. The van der Waals surface area contributed by atoms with E-state index >= 15 is 0 Å². The van der Waals surface area contributed by atoms with Crippen molar-refractivity contribution in [2.75, 3.05) is 6.61 Å². The Labute approximate surface area is 105 Å². The first-order valence-electron chi connectivity index (χ1n) is 6.06. The summed E-state index contributed by atoms with van der Waals surface area (Å²) in [5, 5.41) is 0. The Kier molecular flexibility index (Phi) is 2.41. The number of ether oxygens (including phenoxy) is 1. The molecular weight excluding hydrogens is 264 g/mol. The lowest BCUT2D eigenvalue weighted by Crippen LogP contribution is -2.28. The third kappa shape index (κ3) is 1.54. The standard InChI is InChI=1S/C14H17BrO/c1-9(2)12-8-16-14(5-6-14)13-7-10(15)3-4-11(12)13/h3-4,7,9,12H,5-6,8H2,1-2H3/t12-/m0/s1. The molecule has 1 nitrogen and oxygen atoms in total. The fourth-order valence-corrected chi connectivity index (χ4v) is 3.10. The van der Waals surface area contributed by atoms with Crippen molar-refractivity contribution in [1.29, 1.82) is 0 Å². The van der Waals surface area contributed by atoms with Crippen molar-refractivity contribution >= 4 is 15.9 Å². The number of hydrogen-bond acceptors (Lipinski definition) is 1. The molecule has 0 unspecified atom stereocenters. The highest BCUT2D eigenvalue weighted by Crippen LogP contribution is 2.55. The lowest BCUT2D eigenvalue weighted by molar-refractivity contribution is -0.00162. The van der Waals surface area contributed by atoms with Crippen LogP contribution in [0.15, 0.2) is 22.7 Å². The molecule has 0 saturated heterocycles. The minimum atomic E-state index is 0.0878. The van der Waals surface area contributed by atoms with Crippen LogP contribution in [0.5, 0.6) is 0 Å². The van der Waals surface area contributed by atoms with Gasteiger partial charge in [-0.25, -0.2) is 0 Å². The lowest BCUT2D eigenvalue weighted by atomic mass is 9.82. The fraction of sp³-hybridized carbons (Fsp3) is 0.571. The molecular formula is C14H17BrO. The number of rotatable bonds is 1. The highest BCUT2D eigenvalue weighted by atomic mass is 79.9. The topological polar surface area (TPSA) is 9.23 Å². The zero-order valence-electron chi connectivity index (χ0n) is 9.79. The second-order valence-corrected chi connectivity index (χ2v) is 6.30. The van der Waals surface area contributed by atoms with Crippen LogP contribution < -0.4 is 0 Å². The molecule has 2 heteroatoms. The highest BCUT2D eigenvalue weighted by Gasteiger charge is 2.50. The van der Waals surface area contributed by atoms with E-state index in [1.54, 1.807) is 0 Å². The minimum Gasteiger partial charge on any atom is -0.370 e. The van der Waals surface area contributed by atoms with Gasteiger partial charge in [0.05, 0.1) is 12.2 Å². The van der Waals surface area contributed by atoms with Gasteiger partial charge in [-0.3, -0.25) is 0 Å². The Bertz CT molecular complexity index is 421. The monoisotopic (exact) mass is 280 g/mol. The Morgan fingerprint density at radius 1 is 1.38 bits per heavy atom. The maximum absolute atomic E-state index is 6.11. The largest absolute Gasteiger partial charge is 0.370 e. The van der Waals surface area contributed by atoms with Crippen LogP contribution in [0.3, 0.4) is 0 Å². The van der Waals surface area contributed by atoms with Gasteiger partial charge in [0, 0.05) is 10.4 Å². The smallest absolute Gasteiger partial charge is 0.0937 e. The molecule has 1 aromatic carbocycles. The normalized spacial score (nSPS) is 25.9. The summed E-state index contributed by atoms with van der Waals surface area (Å²) in [5.41, 5.74) is 3.04. The molecule has 1 aliphatic heterocycles. The van der Waals surface area contributed by atoms with Crippen molar-refractivity contribution in [3.63, 3.8) is 0 Å². The summed E-state index contributed by atoms with van der Waals surface area (Å²) in [7, 11) is 0. The third-order valence-corrected chi connectivity index (χ3v) is 4.45. The summed E-state index contributed by atoms with van der Waals surface area (Å²) >= 11 is 3.57. The molecule has 1 saturated carbocycles. The van der Waals surface area contributed by atoms with Crippen LogP contribution in [-0.2, 0) is 10.3 Å². The summed E-state index contributed by atoms with van der Waals surface area (Å²) in [6, 6.07) is 6.71. The second-order valence-electron chi connectivity index (χ2n) is 5.39. The molecule has 1 atom stereocenters. The van der Waals surface area contributed by atoms with Crippen LogP contribution in [0.1, 0.15) is 43.7 Å². The van der Waals surface area contributed by atoms with Gasteiger partial charge in [0.2, 0.25) is 0 Å². The van der Waals surface area contributed by atoms with Gasteiger partial charge >= 0.3 is 0 Å². The Morgan fingerprint density at radius 3 is 2.75 bits per heavy atom. The Hall–Kier alpha value is -0.340. The van der Waals surface area contributed by atoms with Gasteiger partial charge in [0.15, 0.2) is 0 Å². The quantitative estimate of drug-likeness (QED) is 0.749. The van der Waals surface area contributed by atoms with E-state index in [1.165, 1.54) is 28.4 Å². The molecule has 86 valence electrons. The molecule has 1 fully saturated rings. The van der Waals surface area contributed by atoms with E-state index in [9.17, 15) is 0 Å². The van der Waals surface area contributed by atoms with Gasteiger partial charge in [-0.1, -0.05) is 35.8 Å². The van der Waals surface area contributed by atoms with Crippen molar-refractivity contribution in [3.05, 3.63) is 33.8 Å². The summed E-state index contributed by atoms with van der Waals surface area (Å²) < 4.78 is 7.28. The first kappa shape index (κ1) is 10.8. The van der Waals surface area contributed by atoms with Crippen LogP contribution in [0.2, 0.25) is 0 Å². The van der Waals surface area contributed by atoms with Gasteiger partial charge in [0.1, 0.15) is 0 Å². The van der Waals surface area contributed by atoms with Crippen LogP contribution in [0.4, 0.5) is 0 Å². The van der Waals surface area contributed by atoms with E-state index in [2.05, 4.69) is 48.0 Å². The third-order valence-electron chi connectivity index (χ3n) is 3.95. The summed E-state index contributed by atoms with van der Waals surface area (Å²) in [4.78, 5) is 0. The van der Waals surface area contributed by atoms with Gasteiger partial charge in [-0.2, -0.15) is 0 Å². The molecule has 1 aromatic rings. The number of halogens is 1. The Morgan fingerprint density at radius 2 is 2.12 bits per heavy atom. The molecule has 0 N–H and O–H groups in total. The van der Waals surface area contributed by atoms with Crippen LogP contribution in [0, 0.1) is 5.92 Å². The average molecular weight is 281 g/mol. The highest BCUT2D eigenvalue weighted by molar-refractivity contribution is 9.10. The molecule has 0 aromatic heterocycles. The molecule has 1 heterocycles. The first-order chi connectivity index (χ1) is 7.62. The minimum absolute atomic E-state index is 0.0878. The van der Waals surface area contributed by atoms with Crippen LogP contribution in [0.25, 0.3) is 0 Å². The first-order valence-corrected chi connectivity index (χ1v) is 6.85. The van der Waals surface area contributed by atoms with Gasteiger partial charge in [-0.05, 0) is 42.0 Å². The average Bonchev–Trinajstić information content (AvgIpc) is 3.00. The van der Waals surface area contributed by atoms with Gasteiger partial charge < -0.3 is 4.74 Å².